The highest BCUT2D eigenvalue weighted by Gasteiger charge is 2.40. The van der Waals surface area contributed by atoms with Crippen molar-refractivity contribution >= 4 is 10.9 Å². The topological polar surface area (TPSA) is 48.9 Å². The number of rotatable bonds is 1. The fourth-order valence-corrected chi connectivity index (χ4v) is 1.40. The van der Waals surface area contributed by atoms with Gasteiger partial charge in [0.2, 0.25) is 0 Å². The monoisotopic (exact) mass is 216 g/mol. The minimum atomic E-state index is -4.67. The first-order valence-corrected chi connectivity index (χ1v) is 4.17. The minimum absolute atomic E-state index is 0.210. The smallest absolute Gasteiger partial charge is 0.379 e. The fourth-order valence-electron chi connectivity index (χ4n) is 1.40. The predicted octanol–water partition coefficient (Wildman–Crippen LogP) is 2.16. The van der Waals surface area contributed by atoms with Gasteiger partial charge in [-0.2, -0.15) is 18.3 Å². The maximum Gasteiger partial charge on any atom is 0.418 e. The molecule has 0 aliphatic carbocycles. The van der Waals surface area contributed by atoms with Gasteiger partial charge in [0.05, 0.1) is 11.7 Å². The highest BCUT2D eigenvalue weighted by atomic mass is 19.4. The normalized spacial score (nSPS) is 14.4. The molecular weight excluding hydrogens is 209 g/mol. The van der Waals surface area contributed by atoms with Crippen molar-refractivity contribution in [1.82, 2.24) is 10.2 Å². The van der Waals surface area contributed by atoms with Gasteiger partial charge in [0.1, 0.15) is 0 Å². The summed E-state index contributed by atoms with van der Waals surface area (Å²) < 4.78 is 36.9. The summed E-state index contributed by atoms with van der Waals surface area (Å²) in [4.78, 5) is 0. The molecule has 0 radical (unpaired) electrons. The third-order valence-electron chi connectivity index (χ3n) is 2.11. The molecule has 3 nitrogen and oxygen atoms in total. The van der Waals surface area contributed by atoms with Crippen LogP contribution in [0.5, 0.6) is 0 Å². The Morgan fingerprint density at radius 1 is 1.33 bits per heavy atom. The van der Waals surface area contributed by atoms with Gasteiger partial charge in [0, 0.05) is 10.9 Å². The summed E-state index contributed by atoms with van der Waals surface area (Å²) in [6.07, 6.45) is -5.75. The molecule has 1 heterocycles. The lowest BCUT2D eigenvalue weighted by atomic mass is 10.1. The van der Waals surface area contributed by atoms with Gasteiger partial charge >= 0.3 is 6.18 Å². The van der Waals surface area contributed by atoms with Crippen LogP contribution in [0.1, 0.15) is 11.7 Å². The average Bonchev–Trinajstić information content (AvgIpc) is 2.62. The molecular formula is C9H7F3N2O. The van der Waals surface area contributed by atoms with Gasteiger partial charge in [-0.15, -0.1) is 0 Å². The summed E-state index contributed by atoms with van der Waals surface area (Å²) in [5, 5.41) is 15.7. The standard InChI is InChI=1S/C9H7F3N2O/c10-9(11,12)8(15)6-3-1-2-5-4-13-14-7(5)6/h1-4,8,15H,(H,13,14)/t8-/m0/s1. The summed E-state index contributed by atoms with van der Waals surface area (Å²) in [5.74, 6) is 0. The number of aromatic nitrogens is 2. The van der Waals surface area contributed by atoms with Crippen molar-refractivity contribution in [2.75, 3.05) is 0 Å². The van der Waals surface area contributed by atoms with Gasteiger partial charge in [0.15, 0.2) is 6.10 Å². The Balaban J connectivity index is 2.56. The highest BCUT2D eigenvalue weighted by molar-refractivity contribution is 5.81. The molecule has 6 heteroatoms. The largest absolute Gasteiger partial charge is 0.418 e. The molecule has 0 unspecified atom stereocenters. The van der Waals surface area contributed by atoms with E-state index in [1.54, 1.807) is 6.07 Å². The molecule has 15 heavy (non-hydrogen) atoms. The number of aromatic amines is 1. The molecule has 0 saturated heterocycles. The quantitative estimate of drug-likeness (QED) is 0.767. The molecule has 1 aromatic carbocycles. The summed E-state index contributed by atoms with van der Waals surface area (Å²) in [6.45, 7) is 0. The van der Waals surface area contributed by atoms with E-state index in [1.807, 2.05) is 0 Å². The zero-order valence-electron chi connectivity index (χ0n) is 7.42. The number of nitrogens with one attached hydrogen (secondary N) is 1. The van der Waals surface area contributed by atoms with Crippen molar-refractivity contribution in [2.45, 2.75) is 12.3 Å². The van der Waals surface area contributed by atoms with Crippen LogP contribution >= 0.6 is 0 Å². The van der Waals surface area contributed by atoms with Crippen molar-refractivity contribution in [2.24, 2.45) is 0 Å². The van der Waals surface area contributed by atoms with E-state index in [0.717, 1.165) is 0 Å². The molecule has 0 saturated carbocycles. The van der Waals surface area contributed by atoms with Crippen molar-refractivity contribution in [3.8, 4) is 0 Å². The van der Waals surface area contributed by atoms with E-state index >= 15 is 0 Å². The summed E-state index contributed by atoms with van der Waals surface area (Å²) in [7, 11) is 0. The first kappa shape index (κ1) is 9.97. The fraction of sp³-hybridized carbons (Fsp3) is 0.222. The second-order valence-corrected chi connectivity index (χ2v) is 3.13. The van der Waals surface area contributed by atoms with E-state index in [0.29, 0.717) is 5.39 Å². The SMILES string of the molecule is O[C@@H](c1cccc2cn[nH]c12)C(F)(F)F. The first-order valence-electron chi connectivity index (χ1n) is 4.17. The molecule has 0 fully saturated rings. The van der Waals surface area contributed by atoms with Crippen molar-refractivity contribution in [3.63, 3.8) is 0 Å². The van der Waals surface area contributed by atoms with Crippen molar-refractivity contribution < 1.29 is 18.3 Å². The lowest BCUT2D eigenvalue weighted by Gasteiger charge is -2.15. The van der Waals surface area contributed by atoms with Crippen LogP contribution in [0.25, 0.3) is 10.9 Å². The summed E-state index contributed by atoms with van der Waals surface area (Å²) in [6, 6.07) is 4.28. The molecule has 1 atom stereocenters. The molecule has 0 spiro atoms. The molecule has 80 valence electrons. The van der Waals surface area contributed by atoms with Crippen molar-refractivity contribution in [1.29, 1.82) is 0 Å². The Bertz CT molecular complexity index is 477. The van der Waals surface area contributed by atoms with Gasteiger partial charge < -0.3 is 5.11 Å². The minimum Gasteiger partial charge on any atom is -0.379 e. The van der Waals surface area contributed by atoms with Crippen molar-refractivity contribution in [3.05, 3.63) is 30.0 Å². The molecule has 2 rings (SSSR count). The van der Waals surface area contributed by atoms with E-state index in [1.165, 1.54) is 18.3 Å². The predicted molar refractivity (Wildman–Crippen MR) is 47.1 cm³/mol. The van der Waals surface area contributed by atoms with E-state index < -0.39 is 12.3 Å². The number of aliphatic hydroxyl groups excluding tert-OH is 1. The van der Waals surface area contributed by atoms with Crippen LogP contribution in [0.3, 0.4) is 0 Å². The van der Waals surface area contributed by atoms with Crippen LogP contribution < -0.4 is 0 Å². The van der Waals surface area contributed by atoms with Crippen LogP contribution in [0.2, 0.25) is 0 Å². The van der Waals surface area contributed by atoms with E-state index in [4.69, 9.17) is 5.11 Å². The molecule has 0 aliphatic heterocycles. The number of alkyl halides is 3. The van der Waals surface area contributed by atoms with Gasteiger partial charge in [-0.1, -0.05) is 18.2 Å². The number of benzene rings is 1. The molecule has 0 aliphatic rings. The van der Waals surface area contributed by atoms with Crippen LogP contribution in [0, 0.1) is 0 Å². The average molecular weight is 216 g/mol. The van der Waals surface area contributed by atoms with Gasteiger partial charge in [0.25, 0.3) is 0 Å². The maximum atomic E-state index is 12.3. The number of para-hydroxylation sites is 1. The molecule has 1 aromatic heterocycles. The Labute approximate surface area is 82.5 Å². The van der Waals surface area contributed by atoms with Gasteiger partial charge in [-0.3, -0.25) is 5.10 Å². The second-order valence-electron chi connectivity index (χ2n) is 3.13. The van der Waals surface area contributed by atoms with Crippen LogP contribution in [0.15, 0.2) is 24.4 Å². The van der Waals surface area contributed by atoms with Gasteiger partial charge in [-0.05, 0) is 0 Å². The molecule has 0 bridgehead atoms. The number of hydrogen-bond acceptors (Lipinski definition) is 2. The number of halogens is 3. The number of nitrogens with zero attached hydrogens (tertiary/aromatic N) is 1. The van der Waals surface area contributed by atoms with Crippen LogP contribution in [-0.2, 0) is 0 Å². The zero-order chi connectivity index (χ0) is 11.1. The molecule has 2 aromatic rings. The lowest BCUT2D eigenvalue weighted by Crippen LogP contribution is -2.20. The Hall–Kier alpha value is -1.56. The van der Waals surface area contributed by atoms with E-state index in [9.17, 15) is 13.2 Å². The zero-order valence-corrected chi connectivity index (χ0v) is 7.42. The lowest BCUT2D eigenvalue weighted by molar-refractivity contribution is -0.206. The summed E-state index contributed by atoms with van der Waals surface area (Å²) in [5.41, 5.74) is -0.000162. The number of aliphatic hydroxyl groups is 1. The maximum absolute atomic E-state index is 12.3. The third kappa shape index (κ3) is 1.68. The first-order chi connectivity index (χ1) is 7.00. The van der Waals surface area contributed by atoms with Crippen LogP contribution in [-0.4, -0.2) is 21.5 Å². The second kappa shape index (κ2) is 3.23. The highest BCUT2D eigenvalue weighted by Crippen LogP contribution is 2.35. The third-order valence-corrected chi connectivity index (χ3v) is 2.11. The molecule has 2 N–H and O–H groups in total. The number of hydrogen-bond donors (Lipinski definition) is 2. The molecule has 0 amide bonds. The number of H-pyrrole nitrogens is 1. The Kier molecular flexibility index (Phi) is 2.15. The summed E-state index contributed by atoms with van der Waals surface area (Å²) >= 11 is 0. The van der Waals surface area contributed by atoms with E-state index in [-0.39, 0.29) is 11.1 Å². The Morgan fingerprint density at radius 2 is 2.07 bits per heavy atom. The van der Waals surface area contributed by atoms with Crippen LogP contribution in [0.4, 0.5) is 13.2 Å². The van der Waals surface area contributed by atoms with Gasteiger partial charge in [-0.25, -0.2) is 0 Å². The van der Waals surface area contributed by atoms with E-state index in [2.05, 4.69) is 10.2 Å². The number of fused-ring (bicyclic) bond motifs is 1. The Morgan fingerprint density at radius 3 is 2.73 bits per heavy atom.